The van der Waals surface area contributed by atoms with E-state index in [1.165, 1.54) is 18.3 Å². The summed E-state index contributed by atoms with van der Waals surface area (Å²) in [5.74, 6) is -0.282. The number of rotatable bonds is 3. The first-order valence-corrected chi connectivity index (χ1v) is 7.58. The Bertz CT molecular complexity index is 1170. The Balaban J connectivity index is 2.08. The minimum absolute atomic E-state index is 0.0611. The number of aliphatic hydroxyl groups is 1. The quantitative estimate of drug-likeness (QED) is 0.522. The molecule has 8 heteroatoms. The van der Waals surface area contributed by atoms with Crippen molar-refractivity contribution in [1.29, 1.82) is 5.26 Å². The van der Waals surface area contributed by atoms with Crippen LogP contribution < -0.4 is 0 Å². The number of aromatic amines is 1. The van der Waals surface area contributed by atoms with Crippen molar-refractivity contribution in [2.45, 2.75) is 6.61 Å². The number of phenols is 1. The molecule has 0 saturated heterocycles. The van der Waals surface area contributed by atoms with Gasteiger partial charge in [0, 0.05) is 17.2 Å². The number of furan rings is 1. The second-order valence-corrected chi connectivity index (χ2v) is 5.54. The molecule has 7 nitrogen and oxygen atoms in total. The van der Waals surface area contributed by atoms with Gasteiger partial charge in [0.2, 0.25) is 0 Å². The first-order chi connectivity index (χ1) is 12.6. The number of H-pyrrole nitrogens is 1. The molecule has 1 aromatic carbocycles. The molecule has 0 fully saturated rings. The number of aromatic hydroxyl groups is 1. The molecule has 0 aliphatic carbocycles. The highest BCUT2D eigenvalue weighted by Gasteiger charge is 2.23. The van der Waals surface area contributed by atoms with Gasteiger partial charge in [-0.25, -0.2) is 9.37 Å². The number of nitrogens with one attached hydrogen (secondary N) is 1. The van der Waals surface area contributed by atoms with Crippen molar-refractivity contribution in [2.75, 3.05) is 0 Å². The van der Waals surface area contributed by atoms with E-state index >= 15 is 0 Å². The highest BCUT2D eigenvalue weighted by atomic mass is 19.1. The molecule has 0 bridgehead atoms. The van der Waals surface area contributed by atoms with Crippen molar-refractivity contribution in [3.8, 4) is 34.4 Å². The number of aromatic nitrogens is 3. The number of nitriles is 1. The molecule has 26 heavy (non-hydrogen) atoms. The molecule has 0 amide bonds. The number of aliphatic hydroxyl groups excluding tert-OH is 1. The van der Waals surface area contributed by atoms with Gasteiger partial charge in [0.15, 0.2) is 5.65 Å². The molecule has 0 spiro atoms. The molecule has 4 rings (SSSR count). The van der Waals surface area contributed by atoms with Crippen molar-refractivity contribution in [1.82, 2.24) is 15.2 Å². The Morgan fingerprint density at radius 1 is 1.27 bits per heavy atom. The van der Waals surface area contributed by atoms with Gasteiger partial charge in [0.05, 0.1) is 22.8 Å². The number of hydrogen-bond donors (Lipinski definition) is 3. The van der Waals surface area contributed by atoms with Crippen LogP contribution in [0.4, 0.5) is 4.39 Å². The Morgan fingerprint density at radius 3 is 2.81 bits per heavy atom. The van der Waals surface area contributed by atoms with Crippen molar-refractivity contribution >= 4 is 11.0 Å². The summed E-state index contributed by atoms with van der Waals surface area (Å²) in [4.78, 5) is 4.33. The largest absolute Gasteiger partial charge is 0.508 e. The molecule has 4 aromatic rings. The van der Waals surface area contributed by atoms with Gasteiger partial charge in [-0.05, 0) is 24.3 Å². The summed E-state index contributed by atoms with van der Waals surface area (Å²) < 4.78 is 20.0. The van der Waals surface area contributed by atoms with Crippen molar-refractivity contribution < 1.29 is 19.0 Å². The van der Waals surface area contributed by atoms with Crippen molar-refractivity contribution in [2.24, 2.45) is 0 Å². The van der Waals surface area contributed by atoms with Crippen LogP contribution >= 0.6 is 0 Å². The van der Waals surface area contributed by atoms with E-state index in [-0.39, 0.29) is 29.2 Å². The molecule has 0 aliphatic rings. The lowest BCUT2D eigenvalue weighted by atomic mass is 9.97. The maximum atomic E-state index is 14.4. The van der Waals surface area contributed by atoms with Crippen LogP contribution in [-0.4, -0.2) is 25.4 Å². The number of hydrogen-bond acceptors (Lipinski definition) is 6. The van der Waals surface area contributed by atoms with Gasteiger partial charge in [0.25, 0.3) is 0 Å². The van der Waals surface area contributed by atoms with Gasteiger partial charge in [-0.3, -0.25) is 5.10 Å². The number of fused-ring (bicyclic) bond motifs is 1. The average Bonchev–Trinajstić information content (AvgIpc) is 3.29. The Labute approximate surface area is 146 Å². The lowest BCUT2D eigenvalue weighted by Gasteiger charge is -2.10. The first-order valence-electron chi connectivity index (χ1n) is 7.58. The summed E-state index contributed by atoms with van der Waals surface area (Å²) in [7, 11) is 0. The van der Waals surface area contributed by atoms with E-state index < -0.39 is 5.82 Å². The van der Waals surface area contributed by atoms with Gasteiger partial charge < -0.3 is 14.6 Å². The maximum absolute atomic E-state index is 14.4. The van der Waals surface area contributed by atoms with Gasteiger partial charge in [-0.15, -0.1) is 0 Å². The monoisotopic (exact) mass is 350 g/mol. The third-order valence-electron chi connectivity index (χ3n) is 3.98. The average molecular weight is 350 g/mol. The molecule has 0 unspecified atom stereocenters. The second kappa shape index (κ2) is 5.98. The molecule has 0 aliphatic heterocycles. The fourth-order valence-corrected chi connectivity index (χ4v) is 2.82. The van der Waals surface area contributed by atoms with Crippen LogP contribution in [0, 0.1) is 17.1 Å². The van der Waals surface area contributed by atoms with E-state index in [0.29, 0.717) is 28.1 Å². The van der Waals surface area contributed by atoms with Crippen LogP contribution in [0.5, 0.6) is 5.75 Å². The van der Waals surface area contributed by atoms with E-state index in [1.54, 1.807) is 12.1 Å². The van der Waals surface area contributed by atoms with E-state index in [2.05, 4.69) is 21.3 Å². The Morgan fingerprint density at radius 2 is 2.12 bits per heavy atom. The zero-order chi connectivity index (χ0) is 18.3. The minimum Gasteiger partial charge on any atom is -0.508 e. The fraction of sp³-hybridized carbons (Fsp3) is 0.0556. The Kier molecular flexibility index (Phi) is 3.64. The number of halogens is 1. The predicted octanol–water partition coefficient (Wildman–Crippen LogP) is 3.09. The summed E-state index contributed by atoms with van der Waals surface area (Å²) in [6, 6.07) is 8.87. The molecule has 3 aromatic heterocycles. The van der Waals surface area contributed by atoms with Crippen molar-refractivity contribution in [3.63, 3.8) is 0 Å². The smallest absolute Gasteiger partial charge is 0.156 e. The highest BCUT2D eigenvalue weighted by Crippen LogP contribution is 2.37. The summed E-state index contributed by atoms with van der Waals surface area (Å²) in [5, 5.41) is 35.6. The standard InChI is InChI=1S/C18H11FN4O3/c19-14-5-9(25)1-3-11(14)17-12(6-20)16(13-7-21-23-18(13)22-17)15-4-2-10(8-24)26-15/h1-5,7,24-25H,8H2,(H,21,22,23). The van der Waals surface area contributed by atoms with Crippen LogP contribution in [-0.2, 0) is 6.61 Å². The molecule has 3 heterocycles. The van der Waals surface area contributed by atoms with Crippen molar-refractivity contribution in [3.05, 3.63) is 53.7 Å². The minimum atomic E-state index is -0.714. The molecule has 0 saturated carbocycles. The molecule has 0 radical (unpaired) electrons. The zero-order valence-electron chi connectivity index (χ0n) is 13.2. The van der Waals surface area contributed by atoms with E-state index in [4.69, 9.17) is 4.42 Å². The molecule has 3 N–H and O–H groups in total. The maximum Gasteiger partial charge on any atom is 0.156 e. The van der Waals surface area contributed by atoms with Crippen LogP contribution in [0.2, 0.25) is 0 Å². The third kappa shape index (κ3) is 2.39. The molecule has 128 valence electrons. The predicted molar refractivity (Wildman–Crippen MR) is 89.3 cm³/mol. The lowest BCUT2D eigenvalue weighted by molar-refractivity contribution is 0.248. The number of benzene rings is 1. The van der Waals surface area contributed by atoms with Crippen LogP contribution in [0.15, 0.2) is 40.9 Å². The summed E-state index contributed by atoms with van der Waals surface area (Å²) in [6.45, 7) is -0.291. The Hall–Kier alpha value is -3.70. The lowest BCUT2D eigenvalue weighted by Crippen LogP contribution is -1.97. The van der Waals surface area contributed by atoms with Crippen LogP contribution in [0.3, 0.4) is 0 Å². The van der Waals surface area contributed by atoms with Gasteiger partial charge >= 0.3 is 0 Å². The topological polar surface area (TPSA) is 119 Å². The summed E-state index contributed by atoms with van der Waals surface area (Å²) in [6.07, 6.45) is 1.50. The van der Waals surface area contributed by atoms with E-state index in [0.717, 1.165) is 6.07 Å². The number of nitrogens with zero attached hydrogens (tertiary/aromatic N) is 3. The molecular weight excluding hydrogens is 339 g/mol. The van der Waals surface area contributed by atoms with Crippen LogP contribution in [0.1, 0.15) is 11.3 Å². The molecule has 0 atom stereocenters. The van der Waals surface area contributed by atoms with Gasteiger partial charge in [-0.1, -0.05) is 0 Å². The highest BCUT2D eigenvalue weighted by molar-refractivity contribution is 5.97. The number of phenolic OH excluding ortho intramolecular Hbond substituents is 1. The number of pyridine rings is 1. The van der Waals surface area contributed by atoms with Gasteiger partial charge in [-0.2, -0.15) is 10.4 Å². The second-order valence-electron chi connectivity index (χ2n) is 5.54. The van der Waals surface area contributed by atoms with Gasteiger partial charge in [0.1, 0.15) is 35.8 Å². The zero-order valence-corrected chi connectivity index (χ0v) is 13.2. The normalized spacial score (nSPS) is 11.0. The fourth-order valence-electron chi connectivity index (χ4n) is 2.82. The SMILES string of the molecule is N#Cc1c(-c2ccc(O)cc2F)nc2[nH]ncc2c1-c1ccc(CO)o1. The first kappa shape index (κ1) is 15.8. The van der Waals surface area contributed by atoms with E-state index in [1.807, 2.05) is 0 Å². The summed E-state index contributed by atoms with van der Waals surface area (Å²) in [5.41, 5.74) is 1.00. The molecular formula is C18H11FN4O3. The van der Waals surface area contributed by atoms with E-state index in [9.17, 15) is 19.9 Å². The van der Waals surface area contributed by atoms with Crippen LogP contribution in [0.25, 0.3) is 33.6 Å². The summed E-state index contributed by atoms with van der Waals surface area (Å²) >= 11 is 0. The third-order valence-corrected chi connectivity index (χ3v) is 3.98.